The minimum atomic E-state index is 0.417. The highest BCUT2D eigenvalue weighted by atomic mass is 16.3. The highest BCUT2D eigenvalue weighted by Crippen LogP contribution is 2.44. The molecule has 0 radical (unpaired) electrons. The molecule has 2 fully saturated rings. The van der Waals surface area contributed by atoms with Gasteiger partial charge in [0.15, 0.2) is 0 Å². The molecule has 0 aromatic carbocycles. The van der Waals surface area contributed by atoms with Gasteiger partial charge in [0.2, 0.25) is 0 Å². The van der Waals surface area contributed by atoms with Gasteiger partial charge in [0, 0.05) is 6.61 Å². The molecular formula is C17H32O. The van der Waals surface area contributed by atoms with E-state index < -0.39 is 0 Å². The molecule has 1 N–H and O–H groups in total. The van der Waals surface area contributed by atoms with E-state index in [2.05, 4.69) is 13.8 Å². The molecule has 106 valence electrons. The van der Waals surface area contributed by atoms with Crippen molar-refractivity contribution < 1.29 is 5.11 Å². The summed E-state index contributed by atoms with van der Waals surface area (Å²) in [7, 11) is 0. The van der Waals surface area contributed by atoms with Crippen molar-refractivity contribution in [2.75, 3.05) is 6.61 Å². The molecule has 18 heavy (non-hydrogen) atoms. The van der Waals surface area contributed by atoms with Gasteiger partial charge >= 0.3 is 0 Å². The van der Waals surface area contributed by atoms with Gasteiger partial charge in [-0.05, 0) is 61.7 Å². The smallest absolute Gasteiger partial charge is 0.0459 e. The van der Waals surface area contributed by atoms with Crippen molar-refractivity contribution in [3.63, 3.8) is 0 Å². The molecule has 2 aliphatic rings. The SMILES string of the molecule is CCCC1CCC(C2CCC(CO)CC2C)CC1. The number of rotatable bonds is 4. The third kappa shape index (κ3) is 3.50. The zero-order valence-corrected chi connectivity index (χ0v) is 12.4. The predicted molar refractivity (Wildman–Crippen MR) is 77.4 cm³/mol. The molecule has 2 aliphatic carbocycles. The quantitative estimate of drug-likeness (QED) is 0.773. The Kier molecular flexibility index (Phi) is 5.54. The van der Waals surface area contributed by atoms with Crippen LogP contribution in [-0.2, 0) is 0 Å². The van der Waals surface area contributed by atoms with Crippen LogP contribution in [0.1, 0.15) is 71.6 Å². The summed E-state index contributed by atoms with van der Waals surface area (Å²) in [6, 6.07) is 0. The molecule has 0 spiro atoms. The first kappa shape index (κ1) is 14.4. The Morgan fingerprint density at radius 2 is 1.61 bits per heavy atom. The van der Waals surface area contributed by atoms with Crippen LogP contribution < -0.4 is 0 Å². The molecule has 0 heterocycles. The molecule has 0 amide bonds. The van der Waals surface area contributed by atoms with Crippen LogP contribution in [0.2, 0.25) is 0 Å². The Bertz CT molecular complexity index is 230. The van der Waals surface area contributed by atoms with E-state index in [9.17, 15) is 5.11 Å². The van der Waals surface area contributed by atoms with Crippen molar-refractivity contribution in [3.8, 4) is 0 Å². The first-order chi connectivity index (χ1) is 8.74. The van der Waals surface area contributed by atoms with Gasteiger partial charge in [0.05, 0.1) is 0 Å². The van der Waals surface area contributed by atoms with Crippen molar-refractivity contribution in [2.24, 2.45) is 29.6 Å². The Morgan fingerprint density at radius 3 is 2.17 bits per heavy atom. The normalized spacial score (nSPS) is 41.8. The Balaban J connectivity index is 1.79. The van der Waals surface area contributed by atoms with Crippen LogP contribution in [0.25, 0.3) is 0 Å². The van der Waals surface area contributed by atoms with Crippen LogP contribution in [0.5, 0.6) is 0 Å². The maximum absolute atomic E-state index is 9.30. The molecule has 2 saturated carbocycles. The zero-order chi connectivity index (χ0) is 13.0. The van der Waals surface area contributed by atoms with Crippen molar-refractivity contribution in [1.82, 2.24) is 0 Å². The van der Waals surface area contributed by atoms with Crippen molar-refractivity contribution in [2.45, 2.75) is 71.6 Å². The molecule has 2 rings (SSSR count). The largest absolute Gasteiger partial charge is 0.396 e. The molecule has 3 unspecified atom stereocenters. The lowest BCUT2D eigenvalue weighted by atomic mass is 9.65. The maximum Gasteiger partial charge on any atom is 0.0459 e. The van der Waals surface area contributed by atoms with E-state index in [4.69, 9.17) is 0 Å². The van der Waals surface area contributed by atoms with E-state index >= 15 is 0 Å². The van der Waals surface area contributed by atoms with Crippen LogP contribution in [0.3, 0.4) is 0 Å². The topological polar surface area (TPSA) is 20.2 Å². The fraction of sp³-hybridized carbons (Fsp3) is 1.00. The highest BCUT2D eigenvalue weighted by molar-refractivity contribution is 4.85. The van der Waals surface area contributed by atoms with Gasteiger partial charge in [-0.15, -0.1) is 0 Å². The van der Waals surface area contributed by atoms with Crippen LogP contribution in [0.15, 0.2) is 0 Å². The molecule has 0 aromatic heterocycles. The zero-order valence-electron chi connectivity index (χ0n) is 12.4. The van der Waals surface area contributed by atoms with Crippen LogP contribution in [-0.4, -0.2) is 11.7 Å². The lowest BCUT2D eigenvalue weighted by Crippen LogP contribution is -2.32. The first-order valence-electron chi connectivity index (χ1n) is 8.35. The number of aliphatic hydroxyl groups is 1. The molecule has 0 bridgehead atoms. The van der Waals surface area contributed by atoms with E-state index in [-0.39, 0.29) is 0 Å². The summed E-state index contributed by atoms with van der Waals surface area (Å²) in [5, 5.41) is 9.30. The van der Waals surface area contributed by atoms with E-state index in [0.717, 1.165) is 23.7 Å². The summed E-state index contributed by atoms with van der Waals surface area (Å²) in [5.41, 5.74) is 0. The van der Waals surface area contributed by atoms with E-state index in [1.54, 1.807) is 0 Å². The summed E-state index contributed by atoms with van der Waals surface area (Å²) < 4.78 is 0. The van der Waals surface area contributed by atoms with E-state index in [0.29, 0.717) is 12.5 Å². The van der Waals surface area contributed by atoms with Crippen LogP contribution >= 0.6 is 0 Å². The summed E-state index contributed by atoms with van der Waals surface area (Å²) in [5.74, 6) is 4.47. The molecule has 0 saturated heterocycles. The number of hydrogen-bond acceptors (Lipinski definition) is 1. The van der Waals surface area contributed by atoms with Crippen molar-refractivity contribution in [1.29, 1.82) is 0 Å². The summed E-state index contributed by atoms with van der Waals surface area (Å²) in [6.45, 7) is 5.18. The minimum Gasteiger partial charge on any atom is -0.396 e. The standard InChI is InChI=1S/C17H32O/c1-3-4-14-5-8-16(9-6-14)17-10-7-15(12-18)11-13(17)2/h13-18H,3-12H2,1-2H3. The van der Waals surface area contributed by atoms with Crippen molar-refractivity contribution in [3.05, 3.63) is 0 Å². The summed E-state index contributed by atoms with van der Waals surface area (Å²) >= 11 is 0. The number of hydrogen-bond donors (Lipinski definition) is 1. The minimum absolute atomic E-state index is 0.417. The van der Waals surface area contributed by atoms with Gasteiger partial charge in [-0.2, -0.15) is 0 Å². The molecule has 1 heteroatoms. The fourth-order valence-corrected chi connectivity index (χ4v) is 4.71. The molecule has 3 atom stereocenters. The second-order valence-electron chi connectivity index (χ2n) is 7.07. The number of aliphatic hydroxyl groups excluding tert-OH is 1. The highest BCUT2D eigenvalue weighted by Gasteiger charge is 2.34. The fourth-order valence-electron chi connectivity index (χ4n) is 4.71. The van der Waals surface area contributed by atoms with Gasteiger partial charge in [-0.3, -0.25) is 0 Å². The van der Waals surface area contributed by atoms with Gasteiger partial charge in [0.1, 0.15) is 0 Å². The third-order valence-electron chi connectivity index (χ3n) is 5.80. The molecular weight excluding hydrogens is 220 g/mol. The Labute approximate surface area is 113 Å². The van der Waals surface area contributed by atoms with E-state index in [1.165, 1.54) is 57.8 Å². The summed E-state index contributed by atoms with van der Waals surface area (Å²) in [4.78, 5) is 0. The van der Waals surface area contributed by atoms with E-state index in [1.807, 2.05) is 0 Å². The van der Waals surface area contributed by atoms with Gasteiger partial charge in [0.25, 0.3) is 0 Å². The average Bonchev–Trinajstić information content (AvgIpc) is 2.40. The second-order valence-corrected chi connectivity index (χ2v) is 7.07. The van der Waals surface area contributed by atoms with Crippen LogP contribution in [0, 0.1) is 29.6 Å². The van der Waals surface area contributed by atoms with Crippen LogP contribution in [0.4, 0.5) is 0 Å². The maximum atomic E-state index is 9.30. The third-order valence-corrected chi connectivity index (χ3v) is 5.80. The lowest BCUT2D eigenvalue weighted by molar-refractivity contribution is 0.0730. The lowest BCUT2D eigenvalue weighted by Gasteiger charge is -2.41. The van der Waals surface area contributed by atoms with Crippen molar-refractivity contribution >= 4 is 0 Å². The first-order valence-corrected chi connectivity index (χ1v) is 8.35. The Hall–Kier alpha value is -0.0400. The molecule has 0 aromatic rings. The predicted octanol–water partition coefficient (Wildman–Crippen LogP) is 4.64. The summed E-state index contributed by atoms with van der Waals surface area (Å²) in [6.07, 6.45) is 12.7. The van der Waals surface area contributed by atoms with Gasteiger partial charge < -0.3 is 5.11 Å². The second kappa shape index (κ2) is 6.93. The molecule has 0 aliphatic heterocycles. The van der Waals surface area contributed by atoms with Gasteiger partial charge in [-0.25, -0.2) is 0 Å². The Morgan fingerprint density at radius 1 is 0.944 bits per heavy atom. The van der Waals surface area contributed by atoms with Gasteiger partial charge in [-0.1, -0.05) is 39.5 Å². The monoisotopic (exact) mass is 252 g/mol. The molecule has 1 nitrogen and oxygen atoms in total. The average molecular weight is 252 g/mol.